The molecule has 0 unspecified atom stereocenters. The van der Waals surface area contributed by atoms with E-state index in [0.717, 1.165) is 30.5 Å². The Balaban J connectivity index is 0.00000225. The number of guanidine groups is 1. The number of nitrogens with one attached hydrogen (secondary N) is 2. The van der Waals surface area contributed by atoms with Crippen molar-refractivity contribution in [1.82, 2.24) is 10.6 Å². The van der Waals surface area contributed by atoms with Crippen LogP contribution in [-0.4, -0.2) is 46.3 Å². The van der Waals surface area contributed by atoms with Gasteiger partial charge >= 0.3 is 0 Å². The lowest BCUT2D eigenvalue weighted by atomic mass is 10.2. The number of anilines is 1. The molecule has 0 saturated heterocycles. The average molecular weight is 478 g/mol. The van der Waals surface area contributed by atoms with Crippen LogP contribution in [0.4, 0.5) is 5.69 Å². The van der Waals surface area contributed by atoms with E-state index < -0.39 is 10.0 Å². The monoisotopic (exact) mass is 478 g/mol. The van der Waals surface area contributed by atoms with Crippen molar-refractivity contribution in [1.29, 1.82) is 0 Å². The van der Waals surface area contributed by atoms with Crippen molar-refractivity contribution >= 4 is 45.6 Å². The van der Waals surface area contributed by atoms with Crippen LogP contribution in [-0.2, 0) is 16.4 Å². The fraction of sp³-hybridized carbons (Fsp3) is 0.588. The summed E-state index contributed by atoms with van der Waals surface area (Å²) in [6.45, 7) is 0.893. The van der Waals surface area contributed by atoms with Gasteiger partial charge in [0, 0.05) is 26.2 Å². The molecule has 1 fully saturated rings. The Morgan fingerprint density at radius 1 is 1.28 bits per heavy atom. The summed E-state index contributed by atoms with van der Waals surface area (Å²) in [7, 11) is -1.60. The van der Waals surface area contributed by atoms with Crippen LogP contribution in [0.25, 0.3) is 0 Å². The fourth-order valence-electron chi connectivity index (χ4n) is 3.46. The molecule has 8 heteroatoms. The van der Waals surface area contributed by atoms with Gasteiger partial charge in [-0.25, -0.2) is 8.42 Å². The molecule has 0 bridgehead atoms. The Hall–Kier alpha value is -1.03. The molecule has 2 aliphatic rings. The third-order valence-electron chi connectivity index (χ3n) is 4.75. The van der Waals surface area contributed by atoms with E-state index in [1.54, 1.807) is 7.05 Å². The number of hydrogen-bond acceptors (Lipinski definition) is 3. The maximum absolute atomic E-state index is 12.6. The predicted octanol–water partition coefficient (Wildman–Crippen LogP) is 2.10. The summed E-state index contributed by atoms with van der Waals surface area (Å²) in [5.41, 5.74) is 1.93. The first-order valence-corrected chi connectivity index (χ1v) is 10.3. The van der Waals surface area contributed by atoms with Crippen LogP contribution in [0, 0.1) is 0 Å². The molecule has 0 spiro atoms. The number of hydrogen-bond donors (Lipinski definition) is 2. The smallest absolute Gasteiger partial charge is 0.236 e. The molecule has 1 aromatic rings. The van der Waals surface area contributed by atoms with E-state index in [2.05, 4.69) is 15.6 Å². The predicted molar refractivity (Wildman–Crippen MR) is 113 cm³/mol. The van der Waals surface area contributed by atoms with E-state index in [-0.39, 0.29) is 29.7 Å². The van der Waals surface area contributed by atoms with Crippen LogP contribution < -0.4 is 14.9 Å². The van der Waals surface area contributed by atoms with Gasteiger partial charge in [-0.3, -0.25) is 9.30 Å². The van der Waals surface area contributed by atoms with Crippen molar-refractivity contribution < 1.29 is 8.42 Å². The highest BCUT2D eigenvalue weighted by Crippen LogP contribution is 2.29. The molecule has 1 heterocycles. The van der Waals surface area contributed by atoms with Crippen LogP contribution in [0.3, 0.4) is 0 Å². The second-order valence-corrected chi connectivity index (χ2v) is 8.40. The first-order chi connectivity index (χ1) is 11.6. The van der Waals surface area contributed by atoms with E-state index in [1.807, 2.05) is 24.3 Å². The van der Waals surface area contributed by atoms with Gasteiger partial charge in [0.1, 0.15) is 0 Å². The zero-order chi connectivity index (χ0) is 17.0. The molecular weight excluding hydrogens is 451 g/mol. The number of rotatable bonds is 5. The maximum atomic E-state index is 12.6. The summed E-state index contributed by atoms with van der Waals surface area (Å²) in [6, 6.07) is 8.18. The maximum Gasteiger partial charge on any atom is 0.236 e. The SMILES string of the molecule is CN=C(NCCS(=O)(=O)N1CCc2ccccc21)NC1CCCC1.I. The standard InChI is InChI=1S/C17H26N4O2S.HI/c1-18-17(20-15-7-3-4-8-15)19-11-13-24(22,23)21-12-10-14-6-2-5-9-16(14)21;/h2,5-6,9,15H,3-4,7-8,10-13H2,1H3,(H2,18,19,20);1H. The van der Waals surface area contributed by atoms with E-state index >= 15 is 0 Å². The van der Waals surface area contributed by atoms with Gasteiger partial charge in [0.2, 0.25) is 10.0 Å². The van der Waals surface area contributed by atoms with Crippen molar-refractivity contribution in [3.63, 3.8) is 0 Å². The topological polar surface area (TPSA) is 73.8 Å². The molecule has 0 radical (unpaired) electrons. The van der Waals surface area contributed by atoms with E-state index in [0.29, 0.717) is 25.1 Å². The van der Waals surface area contributed by atoms with Crippen molar-refractivity contribution in [2.24, 2.45) is 4.99 Å². The number of fused-ring (bicyclic) bond motifs is 1. The number of benzene rings is 1. The van der Waals surface area contributed by atoms with Gasteiger partial charge in [-0.2, -0.15) is 0 Å². The van der Waals surface area contributed by atoms with Crippen molar-refractivity contribution in [2.45, 2.75) is 38.1 Å². The molecule has 1 aliphatic carbocycles. The number of halogens is 1. The molecule has 2 N–H and O–H groups in total. The highest BCUT2D eigenvalue weighted by molar-refractivity contribution is 14.0. The third kappa shape index (κ3) is 4.99. The lowest BCUT2D eigenvalue weighted by Crippen LogP contribution is -2.45. The van der Waals surface area contributed by atoms with Crippen molar-refractivity contribution in [2.75, 3.05) is 30.2 Å². The molecule has 3 rings (SSSR count). The Kier molecular flexibility index (Phi) is 7.36. The van der Waals surface area contributed by atoms with Crippen molar-refractivity contribution in [3.05, 3.63) is 29.8 Å². The minimum atomic E-state index is -3.32. The zero-order valence-corrected chi connectivity index (χ0v) is 17.7. The van der Waals surface area contributed by atoms with Crippen molar-refractivity contribution in [3.8, 4) is 0 Å². The molecule has 6 nitrogen and oxygen atoms in total. The Bertz CT molecular complexity index is 702. The van der Waals surface area contributed by atoms with E-state index in [9.17, 15) is 8.42 Å². The van der Waals surface area contributed by atoms with Crippen LogP contribution >= 0.6 is 24.0 Å². The summed E-state index contributed by atoms with van der Waals surface area (Å²) >= 11 is 0. The first-order valence-electron chi connectivity index (χ1n) is 8.65. The summed E-state index contributed by atoms with van der Waals surface area (Å²) in [4.78, 5) is 4.19. The minimum Gasteiger partial charge on any atom is -0.355 e. The Morgan fingerprint density at radius 2 is 2.00 bits per heavy atom. The molecule has 0 amide bonds. The summed E-state index contributed by atoms with van der Waals surface area (Å²) < 4.78 is 26.8. The highest BCUT2D eigenvalue weighted by atomic mass is 127. The fourth-order valence-corrected chi connectivity index (χ4v) is 4.89. The summed E-state index contributed by atoms with van der Waals surface area (Å²) in [6.07, 6.45) is 5.59. The lowest BCUT2D eigenvalue weighted by Gasteiger charge is -2.21. The van der Waals surface area contributed by atoms with Gasteiger partial charge < -0.3 is 10.6 Å². The molecule has 0 atom stereocenters. The van der Waals surface area contributed by atoms with E-state index in [4.69, 9.17) is 0 Å². The molecule has 1 aliphatic heterocycles. The van der Waals surface area contributed by atoms with Crippen LogP contribution in [0.15, 0.2) is 29.3 Å². The highest BCUT2D eigenvalue weighted by Gasteiger charge is 2.28. The molecular formula is C17H27IN4O2S. The first kappa shape index (κ1) is 20.3. The second kappa shape index (κ2) is 9.07. The Labute approximate surface area is 167 Å². The second-order valence-electron chi connectivity index (χ2n) is 6.39. The molecule has 1 saturated carbocycles. The largest absolute Gasteiger partial charge is 0.355 e. The van der Waals surface area contributed by atoms with Gasteiger partial charge in [0.25, 0.3) is 0 Å². The normalized spacial score (nSPS) is 18.0. The van der Waals surface area contributed by atoms with E-state index in [1.165, 1.54) is 17.1 Å². The van der Waals surface area contributed by atoms with Crippen LogP contribution in [0.5, 0.6) is 0 Å². The molecule has 1 aromatic carbocycles. The molecule has 140 valence electrons. The van der Waals surface area contributed by atoms with Gasteiger partial charge in [0.05, 0.1) is 11.4 Å². The number of nitrogens with zero attached hydrogens (tertiary/aromatic N) is 2. The minimum absolute atomic E-state index is 0. The number of para-hydroxylation sites is 1. The number of aliphatic imine (C=N–C) groups is 1. The van der Waals surface area contributed by atoms with Crippen LogP contribution in [0.2, 0.25) is 0 Å². The van der Waals surface area contributed by atoms with Gasteiger partial charge in [-0.15, -0.1) is 24.0 Å². The molecule has 25 heavy (non-hydrogen) atoms. The summed E-state index contributed by atoms with van der Waals surface area (Å²) in [5, 5.41) is 6.50. The van der Waals surface area contributed by atoms with Gasteiger partial charge in [-0.1, -0.05) is 31.0 Å². The quantitative estimate of drug-likeness (QED) is 0.386. The van der Waals surface area contributed by atoms with Gasteiger partial charge in [0.15, 0.2) is 5.96 Å². The average Bonchev–Trinajstić information content (AvgIpc) is 3.23. The van der Waals surface area contributed by atoms with Gasteiger partial charge in [-0.05, 0) is 30.9 Å². The zero-order valence-electron chi connectivity index (χ0n) is 14.6. The lowest BCUT2D eigenvalue weighted by molar-refractivity contribution is 0.589. The van der Waals surface area contributed by atoms with Crippen LogP contribution in [0.1, 0.15) is 31.2 Å². The third-order valence-corrected chi connectivity index (χ3v) is 6.52. The Morgan fingerprint density at radius 3 is 2.72 bits per heavy atom. The summed E-state index contributed by atoms with van der Waals surface area (Å²) in [5.74, 6) is 0.756. The molecule has 0 aromatic heterocycles. The number of sulfonamides is 1.